The third-order valence-electron chi connectivity index (χ3n) is 4.17. The van der Waals surface area contributed by atoms with E-state index in [2.05, 4.69) is 5.32 Å². The number of hydrogen-bond donors (Lipinski definition) is 2. The Morgan fingerprint density at radius 3 is 2.65 bits per heavy atom. The first-order chi connectivity index (χ1) is 9.70. The van der Waals surface area contributed by atoms with Crippen molar-refractivity contribution >= 4 is 5.91 Å². The van der Waals surface area contributed by atoms with Gasteiger partial charge in [-0.05, 0) is 49.4 Å². The second-order valence-corrected chi connectivity index (χ2v) is 5.55. The minimum atomic E-state index is -0.231. The lowest BCUT2D eigenvalue weighted by atomic mass is 9.79. The Balaban J connectivity index is 1.78. The zero-order valence-corrected chi connectivity index (χ0v) is 11.8. The first-order valence-corrected chi connectivity index (χ1v) is 7.43. The zero-order valence-electron chi connectivity index (χ0n) is 11.8. The highest BCUT2D eigenvalue weighted by Crippen LogP contribution is 2.29. The molecule has 0 saturated heterocycles. The summed E-state index contributed by atoms with van der Waals surface area (Å²) in [6, 6.07) is 6.40. The van der Waals surface area contributed by atoms with Crippen LogP contribution < -0.4 is 11.1 Å². The van der Waals surface area contributed by atoms with Gasteiger partial charge in [0.25, 0.3) is 0 Å². The van der Waals surface area contributed by atoms with Crippen LogP contribution in [0.2, 0.25) is 0 Å². The van der Waals surface area contributed by atoms with E-state index in [4.69, 9.17) is 5.73 Å². The highest BCUT2D eigenvalue weighted by atomic mass is 19.1. The zero-order chi connectivity index (χ0) is 14.4. The molecule has 1 amide bonds. The van der Waals surface area contributed by atoms with Gasteiger partial charge >= 0.3 is 0 Å². The summed E-state index contributed by atoms with van der Waals surface area (Å²) in [5.41, 5.74) is 6.78. The smallest absolute Gasteiger partial charge is 0.223 e. The van der Waals surface area contributed by atoms with Crippen LogP contribution in [0, 0.1) is 17.7 Å². The predicted molar refractivity (Wildman–Crippen MR) is 77.6 cm³/mol. The number of nitrogens with one attached hydrogen (secondary N) is 1. The van der Waals surface area contributed by atoms with Crippen molar-refractivity contribution in [2.75, 3.05) is 13.1 Å². The second kappa shape index (κ2) is 7.39. The molecule has 1 fully saturated rings. The molecule has 0 bridgehead atoms. The molecule has 1 saturated carbocycles. The van der Waals surface area contributed by atoms with E-state index in [1.165, 1.54) is 18.6 Å². The van der Waals surface area contributed by atoms with Crippen molar-refractivity contribution in [3.8, 4) is 0 Å². The monoisotopic (exact) mass is 278 g/mol. The minimum absolute atomic E-state index is 0.0713. The van der Waals surface area contributed by atoms with Crippen LogP contribution in [0.5, 0.6) is 0 Å². The number of carbonyl (C=O) groups excluding carboxylic acids is 1. The van der Waals surface area contributed by atoms with Crippen molar-refractivity contribution in [1.82, 2.24) is 5.32 Å². The second-order valence-electron chi connectivity index (χ2n) is 5.55. The van der Waals surface area contributed by atoms with Gasteiger partial charge in [-0.2, -0.15) is 0 Å². The van der Waals surface area contributed by atoms with Gasteiger partial charge < -0.3 is 11.1 Å². The highest BCUT2D eigenvalue weighted by Gasteiger charge is 2.29. The average Bonchev–Trinajstić information content (AvgIpc) is 2.49. The lowest BCUT2D eigenvalue weighted by molar-refractivity contribution is -0.127. The van der Waals surface area contributed by atoms with Crippen LogP contribution in [0.25, 0.3) is 0 Å². The lowest BCUT2D eigenvalue weighted by Gasteiger charge is -2.29. The van der Waals surface area contributed by atoms with Crippen molar-refractivity contribution < 1.29 is 9.18 Å². The fourth-order valence-corrected chi connectivity index (χ4v) is 2.95. The summed E-state index contributed by atoms with van der Waals surface area (Å²) in [5, 5.41) is 2.99. The molecule has 1 aliphatic rings. The number of amides is 1. The van der Waals surface area contributed by atoms with Crippen molar-refractivity contribution in [3.63, 3.8) is 0 Å². The van der Waals surface area contributed by atoms with E-state index in [9.17, 15) is 9.18 Å². The van der Waals surface area contributed by atoms with Gasteiger partial charge in [-0.25, -0.2) is 4.39 Å². The third kappa shape index (κ3) is 4.04. The molecular weight excluding hydrogens is 255 g/mol. The Hall–Kier alpha value is -1.42. The van der Waals surface area contributed by atoms with Gasteiger partial charge in [0.15, 0.2) is 0 Å². The molecule has 0 aromatic heterocycles. The molecule has 4 heteroatoms. The van der Waals surface area contributed by atoms with Gasteiger partial charge in [0.2, 0.25) is 5.91 Å². The third-order valence-corrected chi connectivity index (χ3v) is 4.17. The summed E-state index contributed by atoms with van der Waals surface area (Å²) < 4.78 is 12.8. The van der Waals surface area contributed by atoms with Crippen LogP contribution in [0.15, 0.2) is 24.3 Å². The fourth-order valence-electron chi connectivity index (χ4n) is 2.95. The SMILES string of the molecule is NCC1CCCCC1C(=O)NCCc1ccc(F)cc1. The first kappa shape index (κ1) is 15.0. The van der Waals surface area contributed by atoms with Gasteiger partial charge in [0, 0.05) is 12.5 Å². The van der Waals surface area contributed by atoms with Gasteiger partial charge in [-0.15, -0.1) is 0 Å². The van der Waals surface area contributed by atoms with Crippen LogP contribution in [-0.2, 0) is 11.2 Å². The molecule has 0 radical (unpaired) electrons. The van der Waals surface area contributed by atoms with E-state index in [1.54, 1.807) is 12.1 Å². The Morgan fingerprint density at radius 2 is 1.95 bits per heavy atom. The van der Waals surface area contributed by atoms with Crippen LogP contribution in [-0.4, -0.2) is 19.0 Å². The number of halogens is 1. The molecule has 2 unspecified atom stereocenters. The molecule has 0 spiro atoms. The molecule has 3 N–H and O–H groups in total. The van der Waals surface area contributed by atoms with Crippen LogP contribution in [0.1, 0.15) is 31.2 Å². The van der Waals surface area contributed by atoms with E-state index in [0.29, 0.717) is 19.0 Å². The van der Waals surface area contributed by atoms with Crippen molar-refractivity contribution in [1.29, 1.82) is 0 Å². The molecule has 20 heavy (non-hydrogen) atoms. The molecule has 3 nitrogen and oxygen atoms in total. The topological polar surface area (TPSA) is 55.1 Å². The van der Waals surface area contributed by atoms with Crippen LogP contribution >= 0.6 is 0 Å². The lowest BCUT2D eigenvalue weighted by Crippen LogP contribution is -2.40. The van der Waals surface area contributed by atoms with Gasteiger partial charge in [0.05, 0.1) is 0 Å². The van der Waals surface area contributed by atoms with Crippen LogP contribution in [0.4, 0.5) is 4.39 Å². The highest BCUT2D eigenvalue weighted by molar-refractivity contribution is 5.79. The van der Waals surface area contributed by atoms with E-state index in [-0.39, 0.29) is 17.6 Å². The normalized spacial score (nSPS) is 22.5. The van der Waals surface area contributed by atoms with Crippen molar-refractivity contribution in [3.05, 3.63) is 35.6 Å². The Morgan fingerprint density at radius 1 is 1.25 bits per heavy atom. The van der Waals surface area contributed by atoms with Gasteiger partial charge in [-0.3, -0.25) is 4.79 Å². The fraction of sp³-hybridized carbons (Fsp3) is 0.562. The maximum atomic E-state index is 12.8. The van der Waals surface area contributed by atoms with E-state index < -0.39 is 0 Å². The molecule has 2 atom stereocenters. The summed E-state index contributed by atoms with van der Waals surface area (Å²) in [5.74, 6) is 0.296. The van der Waals surface area contributed by atoms with E-state index >= 15 is 0 Å². The Labute approximate surface area is 119 Å². The quantitative estimate of drug-likeness (QED) is 0.868. The minimum Gasteiger partial charge on any atom is -0.356 e. The predicted octanol–water partition coefficient (Wildman–Crippen LogP) is 2.25. The maximum Gasteiger partial charge on any atom is 0.223 e. The van der Waals surface area contributed by atoms with E-state index in [1.807, 2.05) is 0 Å². The summed E-state index contributed by atoms with van der Waals surface area (Å²) in [6.07, 6.45) is 5.04. The molecule has 1 aliphatic carbocycles. The van der Waals surface area contributed by atoms with Gasteiger partial charge in [-0.1, -0.05) is 25.0 Å². The molecule has 0 aliphatic heterocycles. The molecule has 2 rings (SSSR count). The molecule has 1 aromatic rings. The number of nitrogens with two attached hydrogens (primary N) is 1. The summed E-state index contributed by atoms with van der Waals surface area (Å²) in [7, 11) is 0. The summed E-state index contributed by atoms with van der Waals surface area (Å²) in [4.78, 5) is 12.2. The Bertz CT molecular complexity index is 433. The summed E-state index contributed by atoms with van der Waals surface area (Å²) in [6.45, 7) is 1.19. The van der Waals surface area contributed by atoms with Gasteiger partial charge in [0.1, 0.15) is 5.82 Å². The maximum absolute atomic E-state index is 12.8. The van der Waals surface area contributed by atoms with E-state index in [0.717, 1.165) is 31.2 Å². The largest absolute Gasteiger partial charge is 0.356 e. The first-order valence-electron chi connectivity index (χ1n) is 7.43. The average molecular weight is 278 g/mol. The molecule has 110 valence electrons. The molecular formula is C16H23FN2O. The number of carbonyl (C=O) groups is 1. The van der Waals surface area contributed by atoms with Crippen molar-refractivity contribution in [2.24, 2.45) is 17.6 Å². The molecule has 0 heterocycles. The number of rotatable bonds is 5. The Kier molecular flexibility index (Phi) is 5.53. The van der Waals surface area contributed by atoms with Crippen molar-refractivity contribution in [2.45, 2.75) is 32.1 Å². The number of benzene rings is 1. The molecule has 1 aromatic carbocycles. The van der Waals surface area contributed by atoms with Crippen LogP contribution in [0.3, 0.4) is 0 Å². The standard InChI is InChI=1S/C16H23FN2O/c17-14-7-5-12(6-8-14)9-10-19-16(20)15-4-2-1-3-13(15)11-18/h5-8,13,15H,1-4,9-11,18H2,(H,19,20). The number of hydrogen-bond acceptors (Lipinski definition) is 2. The summed E-state index contributed by atoms with van der Waals surface area (Å²) >= 11 is 0.